The summed E-state index contributed by atoms with van der Waals surface area (Å²) < 4.78 is 27.5. The lowest BCUT2D eigenvalue weighted by atomic mass is 10.1. The van der Waals surface area contributed by atoms with Crippen molar-refractivity contribution in [3.8, 4) is 0 Å². The molecule has 0 aliphatic carbocycles. The van der Waals surface area contributed by atoms with Crippen molar-refractivity contribution in [3.63, 3.8) is 0 Å². The molecule has 0 spiro atoms. The number of amides is 2. The van der Waals surface area contributed by atoms with Gasteiger partial charge in [-0.3, -0.25) is 9.59 Å². The highest BCUT2D eigenvalue weighted by molar-refractivity contribution is 7.99. The number of halogens is 2. The molecule has 2 atom stereocenters. The Labute approximate surface area is 160 Å². The molecule has 142 valence electrons. The van der Waals surface area contributed by atoms with Crippen LogP contribution in [0.15, 0.2) is 48.5 Å². The van der Waals surface area contributed by atoms with Crippen LogP contribution in [0.5, 0.6) is 0 Å². The van der Waals surface area contributed by atoms with E-state index in [9.17, 15) is 18.4 Å². The first-order valence-electron chi connectivity index (χ1n) is 8.75. The molecular weight excluding hydrogens is 370 g/mol. The third-order valence-electron chi connectivity index (χ3n) is 4.32. The molecule has 4 nitrogen and oxygen atoms in total. The van der Waals surface area contributed by atoms with Gasteiger partial charge in [0.05, 0.1) is 5.69 Å². The quantitative estimate of drug-likeness (QED) is 0.826. The first kappa shape index (κ1) is 19.4. The fourth-order valence-electron chi connectivity index (χ4n) is 3.05. The Bertz CT molecular complexity index is 846. The lowest BCUT2D eigenvalue weighted by molar-refractivity contribution is -0.138. The van der Waals surface area contributed by atoms with E-state index in [0.717, 1.165) is 0 Å². The van der Waals surface area contributed by atoms with E-state index in [1.165, 1.54) is 47.0 Å². The number of thioether (sulfide) groups is 1. The van der Waals surface area contributed by atoms with Crippen LogP contribution < -0.4 is 5.32 Å². The predicted molar refractivity (Wildman–Crippen MR) is 102 cm³/mol. The highest BCUT2D eigenvalue weighted by Gasteiger charge is 2.42. The Kier molecular flexibility index (Phi) is 6.11. The van der Waals surface area contributed by atoms with Gasteiger partial charge in [-0.25, -0.2) is 8.78 Å². The number of hydrogen-bond donors (Lipinski definition) is 1. The molecule has 0 saturated carbocycles. The average Bonchev–Trinajstić information content (AvgIpc) is 3.09. The van der Waals surface area contributed by atoms with Crippen LogP contribution in [0.2, 0.25) is 0 Å². The predicted octanol–water partition coefficient (Wildman–Crippen LogP) is 4.35. The van der Waals surface area contributed by atoms with Crippen molar-refractivity contribution in [1.29, 1.82) is 0 Å². The topological polar surface area (TPSA) is 49.4 Å². The Morgan fingerprint density at radius 2 is 1.96 bits per heavy atom. The van der Waals surface area contributed by atoms with Gasteiger partial charge in [0, 0.05) is 12.2 Å². The van der Waals surface area contributed by atoms with Crippen molar-refractivity contribution >= 4 is 29.3 Å². The van der Waals surface area contributed by atoms with Gasteiger partial charge >= 0.3 is 0 Å². The molecule has 1 N–H and O–H groups in total. The fraction of sp³-hybridized carbons (Fsp3) is 0.300. The average molecular weight is 390 g/mol. The third-order valence-corrected chi connectivity index (χ3v) is 5.64. The van der Waals surface area contributed by atoms with Gasteiger partial charge in [0.2, 0.25) is 11.8 Å². The van der Waals surface area contributed by atoms with Crippen LogP contribution >= 0.6 is 11.8 Å². The second kappa shape index (κ2) is 8.52. The van der Waals surface area contributed by atoms with Crippen LogP contribution in [0.25, 0.3) is 0 Å². The first-order valence-corrected chi connectivity index (χ1v) is 9.79. The normalized spacial score (nSPS) is 19.1. The maximum absolute atomic E-state index is 13.9. The van der Waals surface area contributed by atoms with E-state index in [2.05, 4.69) is 5.32 Å². The standard InChI is InChI=1S/C20H20F2N2O2S/c1-2-6-18(25)24-17(19(26)23-16-10-4-3-9-15(16)22)12-27-20(24)13-7-5-8-14(21)11-13/h3-5,7-11,17,20H,2,6,12H2,1H3,(H,23,26)/t17-,20+/m0/s1. The third kappa shape index (κ3) is 4.30. The molecule has 3 rings (SSSR count). The molecule has 1 heterocycles. The van der Waals surface area contributed by atoms with Crippen LogP contribution in [0, 0.1) is 11.6 Å². The number of rotatable bonds is 5. The molecule has 27 heavy (non-hydrogen) atoms. The number of carbonyl (C=O) groups is 2. The number of nitrogens with zero attached hydrogens (tertiary/aromatic N) is 1. The highest BCUT2D eigenvalue weighted by Crippen LogP contribution is 2.42. The molecule has 0 unspecified atom stereocenters. The molecule has 2 amide bonds. The van der Waals surface area contributed by atoms with Gasteiger partial charge in [-0.2, -0.15) is 0 Å². The van der Waals surface area contributed by atoms with Gasteiger partial charge in [0.1, 0.15) is 23.1 Å². The summed E-state index contributed by atoms with van der Waals surface area (Å²) in [5, 5.41) is 2.12. The Morgan fingerprint density at radius 3 is 2.67 bits per heavy atom. The SMILES string of the molecule is CCCC(=O)N1[C@@H](c2cccc(F)c2)SC[C@H]1C(=O)Nc1ccccc1F. The van der Waals surface area contributed by atoms with E-state index in [1.54, 1.807) is 18.2 Å². The summed E-state index contributed by atoms with van der Waals surface area (Å²) >= 11 is 1.40. The molecule has 2 aromatic carbocycles. The summed E-state index contributed by atoms with van der Waals surface area (Å²) in [7, 11) is 0. The maximum atomic E-state index is 13.9. The van der Waals surface area contributed by atoms with Crippen molar-refractivity contribution in [2.24, 2.45) is 0 Å². The van der Waals surface area contributed by atoms with E-state index < -0.39 is 29.0 Å². The molecule has 2 aromatic rings. The minimum atomic E-state index is -0.748. The smallest absolute Gasteiger partial charge is 0.248 e. The van der Waals surface area contributed by atoms with Crippen molar-refractivity contribution in [3.05, 3.63) is 65.7 Å². The second-order valence-corrected chi connectivity index (χ2v) is 7.39. The Hall–Kier alpha value is -2.41. The van der Waals surface area contributed by atoms with Crippen molar-refractivity contribution < 1.29 is 18.4 Å². The highest BCUT2D eigenvalue weighted by atomic mass is 32.2. The maximum Gasteiger partial charge on any atom is 0.248 e. The molecule has 1 saturated heterocycles. The number of benzene rings is 2. The molecule has 1 aliphatic heterocycles. The summed E-state index contributed by atoms with van der Waals surface area (Å²) in [6.07, 6.45) is 0.924. The van der Waals surface area contributed by atoms with E-state index in [4.69, 9.17) is 0 Å². The van der Waals surface area contributed by atoms with Crippen LogP contribution in [0.4, 0.5) is 14.5 Å². The van der Waals surface area contributed by atoms with Gasteiger partial charge < -0.3 is 10.2 Å². The lowest BCUT2D eigenvalue weighted by Crippen LogP contribution is -2.45. The lowest BCUT2D eigenvalue weighted by Gasteiger charge is -2.29. The summed E-state index contributed by atoms with van der Waals surface area (Å²) in [4.78, 5) is 27.0. The van der Waals surface area contributed by atoms with E-state index in [1.807, 2.05) is 6.92 Å². The van der Waals surface area contributed by atoms with Crippen molar-refractivity contribution in [2.45, 2.75) is 31.2 Å². The van der Waals surface area contributed by atoms with Gasteiger partial charge in [0.25, 0.3) is 0 Å². The summed E-state index contributed by atoms with van der Waals surface area (Å²) in [5.74, 6) is -1.20. The molecule has 0 aromatic heterocycles. The van der Waals surface area contributed by atoms with Crippen molar-refractivity contribution in [1.82, 2.24) is 4.90 Å². The van der Waals surface area contributed by atoms with E-state index in [0.29, 0.717) is 17.7 Å². The van der Waals surface area contributed by atoms with Crippen LogP contribution in [-0.4, -0.2) is 28.5 Å². The Morgan fingerprint density at radius 1 is 1.19 bits per heavy atom. The zero-order chi connectivity index (χ0) is 19.4. The second-order valence-electron chi connectivity index (χ2n) is 6.28. The fourth-order valence-corrected chi connectivity index (χ4v) is 4.49. The summed E-state index contributed by atoms with van der Waals surface area (Å²) in [5.41, 5.74) is 0.704. The molecule has 1 aliphatic rings. The minimum absolute atomic E-state index is 0.0737. The van der Waals surface area contributed by atoms with Crippen LogP contribution in [-0.2, 0) is 9.59 Å². The molecule has 0 bridgehead atoms. The monoisotopic (exact) mass is 390 g/mol. The van der Waals surface area contributed by atoms with Gasteiger partial charge in [-0.1, -0.05) is 31.2 Å². The number of hydrogen-bond acceptors (Lipinski definition) is 3. The first-order chi connectivity index (χ1) is 13.0. The number of anilines is 1. The zero-order valence-corrected chi connectivity index (χ0v) is 15.6. The van der Waals surface area contributed by atoms with Crippen LogP contribution in [0.1, 0.15) is 30.7 Å². The van der Waals surface area contributed by atoms with Crippen molar-refractivity contribution in [2.75, 3.05) is 11.1 Å². The van der Waals surface area contributed by atoms with Gasteiger partial charge in [-0.05, 0) is 36.2 Å². The number of carbonyl (C=O) groups excluding carboxylic acids is 2. The van der Waals surface area contributed by atoms with E-state index in [-0.39, 0.29) is 18.0 Å². The molecular formula is C20H20F2N2O2S. The summed E-state index contributed by atoms with van der Waals surface area (Å²) in [6, 6.07) is 11.2. The molecule has 7 heteroatoms. The molecule has 0 radical (unpaired) electrons. The largest absolute Gasteiger partial charge is 0.322 e. The van der Waals surface area contributed by atoms with Gasteiger partial charge in [-0.15, -0.1) is 11.8 Å². The zero-order valence-electron chi connectivity index (χ0n) is 14.8. The van der Waals surface area contributed by atoms with Crippen LogP contribution in [0.3, 0.4) is 0 Å². The Balaban J connectivity index is 1.86. The van der Waals surface area contributed by atoms with E-state index >= 15 is 0 Å². The van der Waals surface area contributed by atoms with Gasteiger partial charge in [0.15, 0.2) is 0 Å². The minimum Gasteiger partial charge on any atom is -0.322 e. The molecule has 1 fully saturated rings. The number of para-hydroxylation sites is 1. The summed E-state index contributed by atoms with van der Waals surface area (Å²) in [6.45, 7) is 1.88. The number of nitrogens with one attached hydrogen (secondary N) is 1.